The van der Waals surface area contributed by atoms with Crippen LogP contribution in [-0.2, 0) is 4.79 Å². The molecule has 1 aromatic heterocycles. The fourth-order valence-electron chi connectivity index (χ4n) is 1.78. The first-order valence-electron chi connectivity index (χ1n) is 4.45. The van der Waals surface area contributed by atoms with E-state index < -0.39 is 0 Å². The molecule has 1 aromatic rings. The van der Waals surface area contributed by atoms with Crippen molar-refractivity contribution >= 4 is 11.6 Å². The number of carbonyl (C=O) groups excluding carboxylic acids is 1. The summed E-state index contributed by atoms with van der Waals surface area (Å²) in [5.41, 5.74) is 1.95. The molecule has 3 nitrogen and oxygen atoms in total. The summed E-state index contributed by atoms with van der Waals surface area (Å²) in [6.45, 7) is 4.10. The van der Waals surface area contributed by atoms with Gasteiger partial charge in [0.2, 0.25) is 5.91 Å². The van der Waals surface area contributed by atoms with Gasteiger partial charge < -0.3 is 5.32 Å². The van der Waals surface area contributed by atoms with Crippen LogP contribution >= 0.6 is 0 Å². The summed E-state index contributed by atoms with van der Waals surface area (Å²) in [6.07, 6.45) is 3.47. The predicted octanol–water partition coefficient (Wildman–Crippen LogP) is 2.02. The molecule has 1 aliphatic rings. The zero-order valence-electron chi connectivity index (χ0n) is 7.74. The lowest BCUT2D eigenvalue weighted by Gasteiger charge is -2.11. The highest BCUT2D eigenvalue weighted by Gasteiger charge is 2.32. The fourth-order valence-corrected chi connectivity index (χ4v) is 1.78. The molecule has 0 radical (unpaired) electrons. The largest absolute Gasteiger partial charge is 0.325 e. The standard InChI is InChI=1S/C10H12N2O.H2/c1-6(2)9-7-5-11-4-3-8(7)12-10(9)13;/h3-6,9H,1-2H3,(H,12,13);1H. The van der Waals surface area contributed by atoms with E-state index in [2.05, 4.69) is 10.3 Å². The number of rotatable bonds is 1. The third-order valence-electron chi connectivity index (χ3n) is 2.39. The number of fused-ring (bicyclic) bond motifs is 1. The molecule has 0 saturated heterocycles. The van der Waals surface area contributed by atoms with Gasteiger partial charge in [-0.25, -0.2) is 0 Å². The van der Waals surface area contributed by atoms with Crippen molar-refractivity contribution in [2.45, 2.75) is 19.8 Å². The Morgan fingerprint density at radius 2 is 2.38 bits per heavy atom. The average molecular weight is 178 g/mol. The number of amides is 1. The maximum atomic E-state index is 11.5. The highest BCUT2D eigenvalue weighted by molar-refractivity contribution is 6.02. The Bertz CT molecular complexity index is 352. The van der Waals surface area contributed by atoms with Crippen LogP contribution in [0.25, 0.3) is 0 Å². The van der Waals surface area contributed by atoms with Crippen LogP contribution in [0, 0.1) is 5.92 Å². The third-order valence-corrected chi connectivity index (χ3v) is 2.39. The van der Waals surface area contributed by atoms with E-state index in [-0.39, 0.29) is 13.3 Å². The minimum atomic E-state index is -0.0244. The number of nitrogens with zero attached hydrogens (tertiary/aromatic N) is 1. The molecule has 1 N–H and O–H groups in total. The average Bonchev–Trinajstić information content (AvgIpc) is 2.39. The molecular formula is C10H14N2O. The quantitative estimate of drug-likeness (QED) is 0.714. The summed E-state index contributed by atoms with van der Waals surface area (Å²) in [7, 11) is 0. The second-order valence-corrected chi connectivity index (χ2v) is 3.67. The van der Waals surface area contributed by atoms with Crippen molar-refractivity contribution in [2.75, 3.05) is 5.32 Å². The van der Waals surface area contributed by atoms with E-state index in [1.807, 2.05) is 19.9 Å². The van der Waals surface area contributed by atoms with Gasteiger partial charge in [-0.1, -0.05) is 13.8 Å². The maximum absolute atomic E-state index is 11.5. The van der Waals surface area contributed by atoms with E-state index in [0.29, 0.717) is 5.92 Å². The van der Waals surface area contributed by atoms with Gasteiger partial charge in [0.1, 0.15) is 0 Å². The molecule has 13 heavy (non-hydrogen) atoms. The lowest BCUT2D eigenvalue weighted by Crippen LogP contribution is -2.16. The molecule has 0 spiro atoms. The van der Waals surface area contributed by atoms with Crippen molar-refractivity contribution < 1.29 is 6.22 Å². The summed E-state index contributed by atoms with van der Waals surface area (Å²) in [5, 5.41) is 2.85. The number of pyridine rings is 1. The summed E-state index contributed by atoms with van der Waals surface area (Å²) >= 11 is 0. The van der Waals surface area contributed by atoms with Crippen molar-refractivity contribution in [3.8, 4) is 0 Å². The number of hydrogen-bond acceptors (Lipinski definition) is 2. The van der Waals surface area contributed by atoms with Crippen LogP contribution in [0.4, 0.5) is 5.69 Å². The van der Waals surface area contributed by atoms with E-state index >= 15 is 0 Å². The first-order chi connectivity index (χ1) is 6.20. The summed E-state index contributed by atoms with van der Waals surface area (Å²) < 4.78 is 0. The molecule has 0 saturated carbocycles. The molecular weight excluding hydrogens is 164 g/mol. The predicted molar refractivity (Wildman–Crippen MR) is 52.6 cm³/mol. The Morgan fingerprint density at radius 3 is 3.08 bits per heavy atom. The Kier molecular flexibility index (Phi) is 1.79. The Hall–Kier alpha value is -1.38. The minimum absolute atomic E-state index is 0. The smallest absolute Gasteiger partial charge is 0.232 e. The lowest BCUT2D eigenvalue weighted by atomic mass is 9.91. The van der Waals surface area contributed by atoms with E-state index in [1.165, 1.54) is 0 Å². The fraction of sp³-hybridized carbons (Fsp3) is 0.400. The van der Waals surface area contributed by atoms with Gasteiger partial charge in [0, 0.05) is 25.1 Å². The summed E-state index contributed by atoms with van der Waals surface area (Å²) in [6, 6.07) is 1.84. The molecule has 0 aliphatic carbocycles. The van der Waals surface area contributed by atoms with Crippen LogP contribution in [-0.4, -0.2) is 10.9 Å². The molecule has 1 amide bonds. The maximum Gasteiger partial charge on any atom is 0.232 e. The summed E-state index contributed by atoms with van der Waals surface area (Å²) in [4.78, 5) is 15.6. The van der Waals surface area contributed by atoms with Crippen LogP contribution in [0.15, 0.2) is 18.5 Å². The molecule has 1 atom stereocenters. The number of anilines is 1. The second kappa shape index (κ2) is 2.83. The van der Waals surface area contributed by atoms with Gasteiger partial charge >= 0.3 is 0 Å². The molecule has 1 aliphatic heterocycles. The van der Waals surface area contributed by atoms with Crippen molar-refractivity contribution in [2.24, 2.45) is 5.92 Å². The third kappa shape index (κ3) is 1.20. The monoisotopic (exact) mass is 178 g/mol. The molecule has 0 fully saturated rings. The Labute approximate surface area is 78.7 Å². The lowest BCUT2D eigenvalue weighted by molar-refractivity contribution is -0.117. The van der Waals surface area contributed by atoms with E-state index in [0.717, 1.165) is 11.3 Å². The number of hydrogen-bond donors (Lipinski definition) is 1. The first kappa shape index (κ1) is 8.23. The van der Waals surface area contributed by atoms with Crippen molar-refractivity contribution in [1.82, 2.24) is 4.98 Å². The van der Waals surface area contributed by atoms with Crippen LogP contribution in [0.2, 0.25) is 0 Å². The second-order valence-electron chi connectivity index (χ2n) is 3.67. The van der Waals surface area contributed by atoms with E-state index in [9.17, 15) is 4.79 Å². The minimum Gasteiger partial charge on any atom is -0.325 e. The normalized spacial score (nSPS) is 20.2. The molecule has 3 heteroatoms. The van der Waals surface area contributed by atoms with Gasteiger partial charge in [-0.3, -0.25) is 9.78 Å². The van der Waals surface area contributed by atoms with Crippen molar-refractivity contribution in [3.05, 3.63) is 24.0 Å². The van der Waals surface area contributed by atoms with Gasteiger partial charge in [-0.2, -0.15) is 0 Å². The topological polar surface area (TPSA) is 42.0 Å². The van der Waals surface area contributed by atoms with Gasteiger partial charge in [0.25, 0.3) is 0 Å². The number of carbonyl (C=O) groups is 1. The molecule has 2 heterocycles. The number of aromatic nitrogens is 1. The van der Waals surface area contributed by atoms with Crippen molar-refractivity contribution in [1.29, 1.82) is 0 Å². The zero-order valence-corrected chi connectivity index (χ0v) is 7.74. The Balaban J connectivity index is 0.000000980. The summed E-state index contributed by atoms with van der Waals surface area (Å²) in [5.74, 6) is 0.396. The zero-order chi connectivity index (χ0) is 9.42. The van der Waals surface area contributed by atoms with Crippen LogP contribution in [0.5, 0.6) is 0 Å². The molecule has 0 bridgehead atoms. The number of nitrogens with one attached hydrogen (secondary N) is 1. The molecule has 1 unspecified atom stereocenters. The van der Waals surface area contributed by atoms with Gasteiger partial charge in [0.05, 0.1) is 5.92 Å². The van der Waals surface area contributed by atoms with E-state index in [4.69, 9.17) is 0 Å². The van der Waals surface area contributed by atoms with Gasteiger partial charge in [0.15, 0.2) is 0 Å². The van der Waals surface area contributed by atoms with Crippen molar-refractivity contribution in [3.63, 3.8) is 0 Å². The highest BCUT2D eigenvalue weighted by Crippen LogP contribution is 2.35. The van der Waals surface area contributed by atoms with Crippen LogP contribution < -0.4 is 5.32 Å². The van der Waals surface area contributed by atoms with Crippen LogP contribution in [0.3, 0.4) is 0 Å². The van der Waals surface area contributed by atoms with Crippen LogP contribution in [0.1, 0.15) is 26.8 Å². The van der Waals surface area contributed by atoms with Gasteiger partial charge in [-0.05, 0) is 12.0 Å². The first-order valence-corrected chi connectivity index (χ1v) is 4.45. The SMILES string of the molecule is CC(C)C1C(=O)Nc2ccncc21.[HH]. The highest BCUT2D eigenvalue weighted by atomic mass is 16.2. The molecule has 2 rings (SSSR count). The van der Waals surface area contributed by atoms with Gasteiger partial charge in [-0.15, -0.1) is 0 Å². The Morgan fingerprint density at radius 1 is 1.62 bits per heavy atom. The molecule has 0 aromatic carbocycles. The van der Waals surface area contributed by atoms with E-state index in [1.54, 1.807) is 12.4 Å². The molecule has 70 valence electrons.